The molecule has 4 N–H and O–H groups in total. The van der Waals surface area contributed by atoms with Crippen molar-refractivity contribution in [1.82, 2.24) is 15.0 Å². The molecule has 8 heteroatoms. The van der Waals surface area contributed by atoms with Crippen LogP contribution < -0.4 is 15.8 Å². The van der Waals surface area contributed by atoms with Crippen LogP contribution in [0.1, 0.15) is 6.92 Å². The van der Waals surface area contributed by atoms with Crippen molar-refractivity contribution in [2.24, 2.45) is 0 Å². The molecule has 1 rings (SSSR count). The number of nitrogens with one attached hydrogen (secondary N) is 2. The number of nitrogen functional groups attached to an aromatic ring is 1. The highest BCUT2D eigenvalue weighted by atomic mass is 32.2. The number of nitrogens with two attached hydrogens (primary N) is 1. The molecule has 0 fully saturated rings. The van der Waals surface area contributed by atoms with Gasteiger partial charge in [0.1, 0.15) is 5.82 Å². The number of carbonyl (C=O) groups is 1. The quantitative estimate of drug-likeness (QED) is 0.632. The largest absolute Gasteiger partial charge is 0.384 e. The van der Waals surface area contributed by atoms with Gasteiger partial charge in [-0.1, -0.05) is 0 Å². The molecule has 1 aromatic heterocycles. The molecule has 0 unspecified atom stereocenters. The molecule has 0 atom stereocenters. The maximum atomic E-state index is 11.7. The average molecular weight is 258 g/mol. The van der Waals surface area contributed by atoms with E-state index in [0.717, 1.165) is 0 Å². The Morgan fingerprint density at radius 1 is 1.53 bits per heavy atom. The van der Waals surface area contributed by atoms with Gasteiger partial charge in [-0.05, 0) is 13.0 Å². The number of likely N-dealkylation sites (N-methyl/N-ethyl adjacent to an activating group) is 1. The monoisotopic (exact) mass is 258 g/mol. The highest BCUT2D eigenvalue weighted by Crippen LogP contribution is 2.09. The first-order valence-corrected chi connectivity index (χ1v) is 6.42. The molecule has 0 bridgehead atoms. The van der Waals surface area contributed by atoms with Gasteiger partial charge in [-0.15, -0.1) is 0 Å². The van der Waals surface area contributed by atoms with Crippen molar-refractivity contribution in [2.45, 2.75) is 11.8 Å². The second kappa shape index (κ2) is 5.60. The second-order valence-electron chi connectivity index (χ2n) is 3.19. The van der Waals surface area contributed by atoms with Crippen molar-refractivity contribution in [1.29, 1.82) is 0 Å². The van der Waals surface area contributed by atoms with Gasteiger partial charge >= 0.3 is 0 Å². The lowest BCUT2D eigenvalue weighted by atomic mass is 10.5. The topological polar surface area (TPSA) is 114 Å². The molecule has 7 nitrogen and oxygen atoms in total. The van der Waals surface area contributed by atoms with Crippen LogP contribution in [0.25, 0.3) is 0 Å². The Kier molecular flexibility index (Phi) is 4.41. The van der Waals surface area contributed by atoms with Crippen LogP contribution in [0.2, 0.25) is 0 Å². The van der Waals surface area contributed by atoms with E-state index < -0.39 is 15.9 Å². The highest BCUT2D eigenvalue weighted by Gasteiger charge is 2.15. The number of rotatable bonds is 5. The molecule has 0 aliphatic carbocycles. The summed E-state index contributed by atoms with van der Waals surface area (Å²) < 4.78 is 25.6. The van der Waals surface area contributed by atoms with Crippen molar-refractivity contribution in [2.75, 3.05) is 18.8 Å². The van der Waals surface area contributed by atoms with Crippen molar-refractivity contribution < 1.29 is 13.2 Å². The van der Waals surface area contributed by atoms with E-state index in [-0.39, 0.29) is 17.3 Å². The van der Waals surface area contributed by atoms with Gasteiger partial charge in [0.25, 0.3) is 0 Å². The Morgan fingerprint density at radius 3 is 2.82 bits per heavy atom. The predicted octanol–water partition coefficient (Wildman–Crippen LogP) is -0.922. The molecule has 1 heterocycles. The Balaban J connectivity index is 2.73. The van der Waals surface area contributed by atoms with Gasteiger partial charge in [-0.3, -0.25) is 4.79 Å². The van der Waals surface area contributed by atoms with Gasteiger partial charge in [-0.2, -0.15) is 0 Å². The summed E-state index contributed by atoms with van der Waals surface area (Å²) in [5, 5.41) is 2.48. The van der Waals surface area contributed by atoms with E-state index in [4.69, 9.17) is 5.73 Å². The van der Waals surface area contributed by atoms with E-state index in [1.165, 1.54) is 18.3 Å². The third-order valence-electron chi connectivity index (χ3n) is 1.86. The fourth-order valence-corrected chi connectivity index (χ4v) is 2.10. The van der Waals surface area contributed by atoms with E-state index in [1.807, 2.05) is 0 Å². The first kappa shape index (κ1) is 13.4. The van der Waals surface area contributed by atoms with Crippen LogP contribution in [0.15, 0.2) is 23.2 Å². The zero-order valence-electron chi connectivity index (χ0n) is 9.30. The minimum atomic E-state index is -3.73. The molecule has 0 aliphatic rings. The summed E-state index contributed by atoms with van der Waals surface area (Å²) in [6.07, 6.45) is 1.29. The molecule has 94 valence electrons. The molecule has 0 spiro atoms. The average Bonchev–Trinajstić information content (AvgIpc) is 2.27. The maximum absolute atomic E-state index is 11.7. The normalized spacial score (nSPS) is 11.1. The first-order valence-electron chi connectivity index (χ1n) is 4.93. The number of hydrogen-bond acceptors (Lipinski definition) is 5. The lowest BCUT2D eigenvalue weighted by molar-refractivity contribution is -0.119. The number of hydrogen-bond donors (Lipinski definition) is 3. The lowest BCUT2D eigenvalue weighted by Crippen LogP contribution is -2.36. The summed E-state index contributed by atoms with van der Waals surface area (Å²) in [4.78, 5) is 14.8. The fourth-order valence-electron chi connectivity index (χ4n) is 1.10. The summed E-state index contributed by atoms with van der Waals surface area (Å²) in [6, 6.07) is 2.52. The second-order valence-corrected chi connectivity index (χ2v) is 4.96. The summed E-state index contributed by atoms with van der Waals surface area (Å²) in [6.45, 7) is 1.89. The number of nitrogens with zero attached hydrogens (tertiary/aromatic N) is 1. The summed E-state index contributed by atoms with van der Waals surface area (Å²) in [7, 11) is -3.73. The standard InChI is InChI=1S/C9H14N4O3S/c1-2-11-9(14)6-13-17(15,16)7-3-4-12-8(10)5-7/h3-5,13H,2,6H2,1H3,(H2,10,12)(H,11,14). The van der Waals surface area contributed by atoms with E-state index in [9.17, 15) is 13.2 Å². The van der Waals surface area contributed by atoms with Crippen LogP contribution in [0.5, 0.6) is 0 Å². The molecular formula is C9H14N4O3S. The number of carbonyl (C=O) groups excluding carboxylic acids is 1. The van der Waals surface area contributed by atoms with Crippen molar-refractivity contribution in [3.8, 4) is 0 Å². The molecule has 0 aliphatic heterocycles. The van der Waals surface area contributed by atoms with Crippen LogP contribution in [0.4, 0.5) is 5.82 Å². The van der Waals surface area contributed by atoms with Crippen LogP contribution in [0, 0.1) is 0 Å². The van der Waals surface area contributed by atoms with Crippen LogP contribution in [0.3, 0.4) is 0 Å². The molecule has 1 amide bonds. The zero-order valence-corrected chi connectivity index (χ0v) is 10.1. The molecular weight excluding hydrogens is 244 g/mol. The Morgan fingerprint density at radius 2 is 2.24 bits per heavy atom. The zero-order chi connectivity index (χ0) is 12.9. The molecule has 0 saturated heterocycles. The minimum Gasteiger partial charge on any atom is -0.384 e. The molecule has 0 saturated carbocycles. The SMILES string of the molecule is CCNC(=O)CNS(=O)(=O)c1ccnc(N)c1. The van der Waals surface area contributed by atoms with Crippen molar-refractivity contribution >= 4 is 21.7 Å². The number of anilines is 1. The lowest BCUT2D eigenvalue weighted by Gasteiger charge is -2.06. The van der Waals surface area contributed by atoms with Gasteiger partial charge in [0.05, 0.1) is 11.4 Å². The van der Waals surface area contributed by atoms with Gasteiger partial charge in [0.2, 0.25) is 15.9 Å². The van der Waals surface area contributed by atoms with Crippen LogP contribution in [-0.2, 0) is 14.8 Å². The van der Waals surface area contributed by atoms with Gasteiger partial charge in [-0.25, -0.2) is 18.1 Å². The highest BCUT2D eigenvalue weighted by molar-refractivity contribution is 7.89. The fraction of sp³-hybridized carbons (Fsp3) is 0.333. The van der Waals surface area contributed by atoms with Crippen LogP contribution in [-0.4, -0.2) is 32.4 Å². The van der Waals surface area contributed by atoms with E-state index in [2.05, 4.69) is 15.0 Å². The van der Waals surface area contributed by atoms with Crippen molar-refractivity contribution in [3.05, 3.63) is 18.3 Å². The third-order valence-corrected chi connectivity index (χ3v) is 3.26. The van der Waals surface area contributed by atoms with Crippen molar-refractivity contribution in [3.63, 3.8) is 0 Å². The Hall–Kier alpha value is -1.67. The number of amides is 1. The number of sulfonamides is 1. The van der Waals surface area contributed by atoms with Gasteiger partial charge in [0.15, 0.2) is 0 Å². The van der Waals surface area contributed by atoms with Gasteiger partial charge in [0, 0.05) is 18.8 Å². The number of pyridine rings is 1. The molecule has 1 aromatic rings. The molecule has 0 radical (unpaired) electrons. The maximum Gasteiger partial charge on any atom is 0.241 e. The predicted molar refractivity (Wildman–Crippen MR) is 62.5 cm³/mol. The van der Waals surface area contributed by atoms with E-state index in [1.54, 1.807) is 6.92 Å². The van der Waals surface area contributed by atoms with Gasteiger partial charge < -0.3 is 11.1 Å². The number of aromatic nitrogens is 1. The van der Waals surface area contributed by atoms with E-state index in [0.29, 0.717) is 6.54 Å². The van der Waals surface area contributed by atoms with E-state index >= 15 is 0 Å². The minimum absolute atomic E-state index is 0.0192. The summed E-state index contributed by atoms with van der Waals surface area (Å²) in [5.74, 6) is -0.288. The molecule has 17 heavy (non-hydrogen) atoms. The Bertz CT molecular complexity index is 501. The summed E-state index contributed by atoms with van der Waals surface area (Å²) >= 11 is 0. The van der Waals surface area contributed by atoms with Crippen LogP contribution >= 0.6 is 0 Å². The smallest absolute Gasteiger partial charge is 0.241 e. The Labute approximate surface area is 99.5 Å². The summed E-state index contributed by atoms with van der Waals surface area (Å²) in [5.41, 5.74) is 5.38. The third kappa shape index (κ3) is 4.00. The first-order chi connectivity index (χ1) is 7.95. The molecule has 0 aromatic carbocycles.